The third kappa shape index (κ3) is 3.00. The molecule has 0 aromatic carbocycles. The fourth-order valence-electron chi connectivity index (χ4n) is 2.35. The van der Waals surface area contributed by atoms with E-state index >= 15 is 0 Å². The van der Waals surface area contributed by atoms with Crippen molar-refractivity contribution in [3.05, 3.63) is 17.5 Å². The van der Waals surface area contributed by atoms with Crippen LogP contribution in [0.2, 0.25) is 0 Å². The van der Waals surface area contributed by atoms with Crippen LogP contribution < -0.4 is 0 Å². The molecule has 1 fully saturated rings. The van der Waals surface area contributed by atoms with Crippen molar-refractivity contribution in [1.29, 1.82) is 0 Å². The standard InChI is InChI=1S/C14H21N3O3/c1-9-10(8-15-16-9)12(18)17-7-5-6-11(17)13(19)20-14(2,3)4/h8,11H,5-7H2,1-4H3,(H,15,16)/t11-/m0/s1. The average Bonchev–Trinajstić information content (AvgIpc) is 2.93. The van der Waals surface area contributed by atoms with Crippen LogP contribution in [0.1, 0.15) is 49.7 Å². The van der Waals surface area contributed by atoms with Gasteiger partial charge in [-0.2, -0.15) is 5.10 Å². The summed E-state index contributed by atoms with van der Waals surface area (Å²) in [5.74, 6) is -0.492. The SMILES string of the molecule is Cc1[nH]ncc1C(=O)N1CCC[C@H]1C(=O)OC(C)(C)C. The van der Waals surface area contributed by atoms with E-state index in [0.717, 1.165) is 6.42 Å². The molecule has 1 aliphatic heterocycles. The molecular formula is C14H21N3O3. The summed E-state index contributed by atoms with van der Waals surface area (Å²) in [5.41, 5.74) is 0.685. The Balaban J connectivity index is 2.13. The van der Waals surface area contributed by atoms with Crippen molar-refractivity contribution in [3.8, 4) is 0 Å². The highest BCUT2D eigenvalue weighted by molar-refractivity contribution is 5.97. The maximum absolute atomic E-state index is 12.5. The van der Waals surface area contributed by atoms with E-state index in [2.05, 4.69) is 10.2 Å². The van der Waals surface area contributed by atoms with Crippen molar-refractivity contribution in [2.45, 2.75) is 52.2 Å². The lowest BCUT2D eigenvalue weighted by molar-refractivity contribution is -0.159. The van der Waals surface area contributed by atoms with E-state index in [1.165, 1.54) is 6.20 Å². The number of carbonyl (C=O) groups is 2. The molecule has 0 saturated carbocycles. The maximum Gasteiger partial charge on any atom is 0.329 e. The molecule has 1 aromatic heterocycles. The van der Waals surface area contributed by atoms with Crippen LogP contribution in [0.5, 0.6) is 0 Å². The summed E-state index contributed by atoms with van der Waals surface area (Å²) < 4.78 is 5.39. The molecule has 0 unspecified atom stereocenters. The number of rotatable bonds is 2. The van der Waals surface area contributed by atoms with Crippen molar-refractivity contribution in [2.75, 3.05) is 6.54 Å². The zero-order valence-corrected chi connectivity index (χ0v) is 12.4. The molecule has 1 amide bonds. The van der Waals surface area contributed by atoms with Gasteiger partial charge >= 0.3 is 5.97 Å². The molecule has 0 radical (unpaired) electrons. The number of amides is 1. The Bertz CT molecular complexity index is 516. The fraction of sp³-hybridized carbons (Fsp3) is 0.643. The molecule has 0 bridgehead atoms. The van der Waals surface area contributed by atoms with Gasteiger partial charge in [0.2, 0.25) is 0 Å². The number of aromatic amines is 1. The van der Waals surface area contributed by atoms with Crippen LogP contribution in [0, 0.1) is 6.92 Å². The first kappa shape index (κ1) is 14.6. The number of aryl methyl sites for hydroxylation is 1. The summed E-state index contributed by atoms with van der Waals surface area (Å²) in [6, 6.07) is -0.490. The Hall–Kier alpha value is -1.85. The number of nitrogens with zero attached hydrogens (tertiary/aromatic N) is 2. The highest BCUT2D eigenvalue weighted by atomic mass is 16.6. The number of hydrogen-bond acceptors (Lipinski definition) is 4. The molecule has 6 heteroatoms. The fourth-order valence-corrected chi connectivity index (χ4v) is 2.35. The number of carbonyl (C=O) groups excluding carboxylic acids is 2. The van der Waals surface area contributed by atoms with Crippen molar-refractivity contribution >= 4 is 11.9 Å². The highest BCUT2D eigenvalue weighted by Gasteiger charge is 2.37. The molecule has 0 aliphatic carbocycles. The lowest BCUT2D eigenvalue weighted by Crippen LogP contribution is -2.43. The summed E-state index contributed by atoms with van der Waals surface area (Å²) in [4.78, 5) is 26.2. The number of hydrogen-bond donors (Lipinski definition) is 1. The second-order valence-corrected chi connectivity index (χ2v) is 6.10. The van der Waals surface area contributed by atoms with E-state index in [9.17, 15) is 9.59 Å². The number of esters is 1. The lowest BCUT2D eigenvalue weighted by atomic mass is 10.1. The summed E-state index contributed by atoms with van der Waals surface area (Å²) in [6.45, 7) is 7.84. The third-order valence-electron chi connectivity index (χ3n) is 3.25. The zero-order valence-electron chi connectivity index (χ0n) is 12.4. The van der Waals surface area contributed by atoms with Gasteiger partial charge in [-0.3, -0.25) is 9.89 Å². The predicted molar refractivity (Wildman–Crippen MR) is 73.2 cm³/mol. The quantitative estimate of drug-likeness (QED) is 0.835. The lowest BCUT2D eigenvalue weighted by Gasteiger charge is -2.27. The van der Waals surface area contributed by atoms with Crippen LogP contribution in [0.25, 0.3) is 0 Å². The molecule has 1 atom stereocenters. The summed E-state index contributed by atoms with van der Waals surface area (Å²) in [6.07, 6.45) is 2.96. The van der Waals surface area contributed by atoms with Gasteiger partial charge < -0.3 is 9.64 Å². The molecule has 2 rings (SSSR count). The van der Waals surface area contributed by atoms with Gasteiger partial charge in [0.05, 0.1) is 11.8 Å². The van der Waals surface area contributed by atoms with Gasteiger partial charge in [0.15, 0.2) is 0 Å². The first-order chi connectivity index (χ1) is 9.29. The molecule has 110 valence electrons. The predicted octanol–water partition coefficient (Wildman–Crippen LogP) is 1.66. The third-order valence-corrected chi connectivity index (χ3v) is 3.25. The van der Waals surface area contributed by atoms with E-state index in [4.69, 9.17) is 4.74 Å². The first-order valence-electron chi connectivity index (χ1n) is 6.83. The first-order valence-corrected chi connectivity index (χ1v) is 6.83. The topological polar surface area (TPSA) is 75.3 Å². The molecule has 20 heavy (non-hydrogen) atoms. The van der Waals surface area contributed by atoms with Crippen LogP contribution in [-0.2, 0) is 9.53 Å². The minimum absolute atomic E-state index is 0.162. The second kappa shape index (κ2) is 5.26. The molecule has 1 saturated heterocycles. The minimum atomic E-state index is -0.542. The van der Waals surface area contributed by atoms with Gasteiger partial charge in [-0.15, -0.1) is 0 Å². The summed E-state index contributed by atoms with van der Waals surface area (Å²) in [5, 5.41) is 6.60. The van der Waals surface area contributed by atoms with E-state index in [1.807, 2.05) is 20.8 Å². The van der Waals surface area contributed by atoms with Crippen LogP contribution in [0.15, 0.2) is 6.20 Å². The van der Waals surface area contributed by atoms with Crippen molar-refractivity contribution in [2.24, 2.45) is 0 Å². The normalized spacial score (nSPS) is 19.2. The van der Waals surface area contributed by atoms with Gasteiger partial charge in [0, 0.05) is 12.2 Å². The van der Waals surface area contributed by atoms with Gasteiger partial charge in [-0.1, -0.05) is 0 Å². The minimum Gasteiger partial charge on any atom is -0.458 e. The smallest absolute Gasteiger partial charge is 0.329 e. The van der Waals surface area contributed by atoms with Crippen LogP contribution in [0.4, 0.5) is 0 Å². The molecule has 1 aliphatic rings. The summed E-state index contributed by atoms with van der Waals surface area (Å²) >= 11 is 0. The number of aromatic nitrogens is 2. The van der Waals surface area contributed by atoms with E-state index in [0.29, 0.717) is 24.2 Å². The van der Waals surface area contributed by atoms with E-state index in [1.54, 1.807) is 11.8 Å². The monoisotopic (exact) mass is 279 g/mol. The molecule has 2 heterocycles. The Morgan fingerprint density at radius 1 is 1.45 bits per heavy atom. The van der Waals surface area contributed by atoms with Crippen LogP contribution in [0.3, 0.4) is 0 Å². The van der Waals surface area contributed by atoms with Crippen LogP contribution >= 0.6 is 0 Å². The van der Waals surface area contributed by atoms with E-state index in [-0.39, 0.29) is 11.9 Å². The number of ether oxygens (including phenoxy) is 1. The van der Waals surface area contributed by atoms with E-state index < -0.39 is 11.6 Å². The van der Waals surface area contributed by atoms with Gasteiger partial charge in [-0.25, -0.2) is 4.79 Å². The van der Waals surface area contributed by atoms with Crippen molar-refractivity contribution in [1.82, 2.24) is 15.1 Å². The molecule has 6 nitrogen and oxygen atoms in total. The summed E-state index contributed by atoms with van der Waals surface area (Å²) in [7, 11) is 0. The van der Waals surface area contributed by atoms with Crippen molar-refractivity contribution in [3.63, 3.8) is 0 Å². The Morgan fingerprint density at radius 3 is 2.70 bits per heavy atom. The number of nitrogens with one attached hydrogen (secondary N) is 1. The van der Waals surface area contributed by atoms with Gasteiger partial charge in [0.25, 0.3) is 5.91 Å². The Labute approximate surface area is 118 Å². The molecular weight excluding hydrogens is 258 g/mol. The average molecular weight is 279 g/mol. The molecule has 1 aromatic rings. The van der Waals surface area contributed by atoms with Gasteiger partial charge in [0.1, 0.15) is 11.6 Å². The zero-order chi connectivity index (χ0) is 14.9. The highest BCUT2D eigenvalue weighted by Crippen LogP contribution is 2.23. The maximum atomic E-state index is 12.5. The van der Waals surface area contributed by atoms with Crippen molar-refractivity contribution < 1.29 is 14.3 Å². The van der Waals surface area contributed by atoms with Crippen LogP contribution in [-0.4, -0.2) is 45.2 Å². The molecule has 1 N–H and O–H groups in total. The molecule has 0 spiro atoms. The second-order valence-electron chi connectivity index (χ2n) is 6.10. The Kier molecular flexibility index (Phi) is 3.83. The van der Waals surface area contributed by atoms with Gasteiger partial charge in [-0.05, 0) is 40.5 Å². The number of likely N-dealkylation sites (tertiary alicyclic amines) is 1. The Morgan fingerprint density at radius 2 is 2.15 bits per heavy atom. The largest absolute Gasteiger partial charge is 0.458 e. The number of H-pyrrole nitrogens is 1.